The average molecular weight is 498 g/mol. The molecular weight excluding hydrogens is 462 g/mol. The fourth-order valence-electron chi connectivity index (χ4n) is 5.99. The molecule has 0 amide bonds. The van der Waals surface area contributed by atoms with Gasteiger partial charge in [-0.3, -0.25) is 9.88 Å². The summed E-state index contributed by atoms with van der Waals surface area (Å²) in [7, 11) is 0. The summed E-state index contributed by atoms with van der Waals surface area (Å²) in [6, 6.07) is 14.0. The van der Waals surface area contributed by atoms with E-state index in [1.54, 1.807) is 0 Å². The number of aromatic amines is 1. The Kier molecular flexibility index (Phi) is 7.24. The maximum Gasteiger partial charge on any atom is 0.129 e. The predicted octanol–water partition coefficient (Wildman–Crippen LogP) is 6.11. The van der Waals surface area contributed by atoms with Crippen LogP contribution in [0.15, 0.2) is 79.3 Å². The van der Waals surface area contributed by atoms with Crippen LogP contribution in [0.1, 0.15) is 54.0 Å². The van der Waals surface area contributed by atoms with Gasteiger partial charge in [-0.2, -0.15) is 11.8 Å². The standard InChI is InChI=1S/C30H35N5S/c1-2-6-25(7-3-1)29(30-32-16-17-33-30)35(27-10-4-8-24-9-5-15-31-28(24)27)26-13-11-23(12-14-26)22-34-18-20-36-21-19-34/h1-3,5-6,9,11-17,25,27,29H,4,7-8,10,18-22H2,(H,32,33). The van der Waals surface area contributed by atoms with Crippen LogP contribution in [-0.4, -0.2) is 44.4 Å². The molecule has 5 nitrogen and oxygen atoms in total. The van der Waals surface area contributed by atoms with Gasteiger partial charge >= 0.3 is 0 Å². The summed E-state index contributed by atoms with van der Waals surface area (Å²) < 4.78 is 0. The van der Waals surface area contributed by atoms with Crippen molar-refractivity contribution >= 4 is 17.4 Å². The molecule has 1 aliphatic heterocycles. The number of nitrogens with one attached hydrogen (secondary N) is 1. The van der Waals surface area contributed by atoms with E-state index in [2.05, 4.69) is 87.2 Å². The van der Waals surface area contributed by atoms with E-state index in [1.807, 2.05) is 18.6 Å². The molecule has 6 heteroatoms. The van der Waals surface area contributed by atoms with Crippen molar-refractivity contribution in [3.05, 3.63) is 102 Å². The first kappa shape index (κ1) is 23.6. The summed E-state index contributed by atoms with van der Waals surface area (Å²) in [5, 5.41) is 0. The van der Waals surface area contributed by atoms with Gasteiger partial charge in [-0.15, -0.1) is 0 Å². The molecular formula is C30H35N5S. The number of thioether (sulfide) groups is 1. The first-order chi connectivity index (χ1) is 17.9. The Morgan fingerprint density at radius 1 is 1.06 bits per heavy atom. The molecule has 2 aliphatic carbocycles. The van der Waals surface area contributed by atoms with Gasteiger partial charge in [0.15, 0.2) is 0 Å². The number of hydrogen-bond acceptors (Lipinski definition) is 5. The molecule has 1 aromatic carbocycles. The lowest BCUT2D eigenvalue weighted by Gasteiger charge is -2.44. The molecule has 6 rings (SSSR count). The molecule has 0 spiro atoms. The molecule has 3 unspecified atom stereocenters. The molecule has 0 saturated carbocycles. The van der Waals surface area contributed by atoms with Crippen LogP contribution in [0, 0.1) is 5.92 Å². The van der Waals surface area contributed by atoms with Gasteiger partial charge in [0.1, 0.15) is 5.82 Å². The van der Waals surface area contributed by atoms with E-state index in [-0.39, 0.29) is 12.1 Å². The molecule has 1 fully saturated rings. The number of imidazole rings is 1. The summed E-state index contributed by atoms with van der Waals surface area (Å²) in [6.45, 7) is 3.41. The number of rotatable bonds is 7. The van der Waals surface area contributed by atoms with Crippen molar-refractivity contribution in [1.82, 2.24) is 19.9 Å². The number of aryl methyl sites for hydroxylation is 1. The number of nitrogens with zero attached hydrogens (tertiary/aromatic N) is 4. The lowest BCUT2D eigenvalue weighted by atomic mass is 9.85. The largest absolute Gasteiger partial charge is 0.352 e. The van der Waals surface area contributed by atoms with E-state index in [0.717, 1.165) is 31.6 Å². The number of allylic oxidation sites excluding steroid dienone is 3. The van der Waals surface area contributed by atoms with E-state index >= 15 is 0 Å². The van der Waals surface area contributed by atoms with Gasteiger partial charge < -0.3 is 9.88 Å². The second-order valence-electron chi connectivity index (χ2n) is 10.0. The third-order valence-electron chi connectivity index (χ3n) is 7.76. The average Bonchev–Trinajstić information content (AvgIpc) is 3.48. The quantitative estimate of drug-likeness (QED) is 0.427. The van der Waals surface area contributed by atoms with E-state index in [9.17, 15) is 0 Å². The second-order valence-corrected chi connectivity index (χ2v) is 11.3. The molecule has 0 radical (unpaired) electrons. The second kappa shape index (κ2) is 11.1. The molecule has 186 valence electrons. The topological polar surface area (TPSA) is 48.1 Å². The van der Waals surface area contributed by atoms with Gasteiger partial charge in [0.25, 0.3) is 0 Å². The van der Waals surface area contributed by atoms with E-state index in [0.29, 0.717) is 5.92 Å². The fraction of sp³-hybridized carbons (Fsp3) is 0.400. The zero-order valence-corrected chi connectivity index (χ0v) is 21.6. The number of fused-ring (bicyclic) bond motifs is 1. The number of pyridine rings is 1. The van der Waals surface area contributed by atoms with E-state index in [4.69, 9.17) is 9.97 Å². The highest BCUT2D eigenvalue weighted by Gasteiger charge is 2.37. The van der Waals surface area contributed by atoms with Crippen molar-refractivity contribution < 1.29 is 0 Å². The monoisotopic (exact) mass is 497 g/mol. The molecule has 3 heterocycles. The highest BCUT2D eigenvalue weighted by Crippen LogP contribution is 2.44. The van der Waals surface area contributed by atoms with Gasteiger partial charge in [0.05, 0.1) is 17.8 Å². The molecule has 3 aliphatic rings. The van der Waals surface area contributed by atoms with Crippen molar-refractivity contribution in [1.29, 1.82) is 0 Å². The van der Waals surface area contributed by atoms with Crippen molar-refractivity contribution in [2.75, 3.05) is 29.5 Å². The van der Waals surface area contributed by atoms with Crippen molar-refractivity contribution in [2.45, 2.75) is 44.3 Å². The SMILES string of the molecule is C1=CCC(C(c2ncc[nH]2)N(c2ccc(CN3CCSCC3)cc2)C2CCCc3cccnc32)C=C1. The van der Waals surface area contributed by atoms with Crippen LogP contribution in [0.25, 0.3) is 0 Å². The normalized spacial score (nSPS) is 22.8. The zero-order chi connectivity index (χ0) is 24.2. The Balaban J connectivity index is 1.39. The van der Waals surface area contributed by atoms with Crippen LogP contribution < -0.4 is 4.90 Å². The molecule has 36 heavy (non-hydrogen) atoms. The molecule has 1 N–H and O–H groups in total. The van der Waals surface area contributed by atoms with Gasteiger partial charge in [-0.05, 0) is 55.0 Å². The minimum Gasteiger partial charge on any atom is -0.352 e. The number of H-pyrrole nitrogens is 1. The Bertz CT molecular complexity index is 1180. The smallest absolute Gasteiger partial charge is 0.129 e. The van der Waals surface area contributed by atoms with Crippen LogP contribution in [0.5, 0.6) is 0 Å². The van der Waals surface area contributed by atoms with Crippen LogP contribution in [0.4, 0.5) is 5.69 Å². The predicted molar refractivity (Wildman–Crippen MR) is 149 cm³/mol. The first-order valence-electron chi connectivity index (χ1n) is 13.3. The number of hydrogen-bond donors (Lipinski definition) is 1. The third-order valence-corrected chi connectivity index (χ3v) is 8.71. The Hall–Kier alpha value is -2.83. The minimum absolute atomic E-state index is 0.101. The van der Waals surface area contributed by atoms with Gasteiger partial charge in [0.2, 0.25) is 0 Å². The van der Waals surface area contributed by atoms with Crippen LogP contribution in [0.3, 0.4) is 0 Å². The Morgan fingerprint density at radius 3 is 2.72 bits per heavy atom. The minimum atomic E-state index is 0.101. The highest BCUT2D eigenvalue weighted by atomic mass is 32.2. The maximum absolute atomic E-state index is 4.94. The number of benzene rings is 1. The first-order valence-corrected chi connectivity index (χ1v) is 14.5. The summed E-state index contributed by atoms with van der Waals surface area (Å²) in [5.74, 6) is 3.85. The highest BCUT2D eigenvalue weighted by molar-refractivity contribution is 7.99. The summed E-state index contributed by atoms with van der Waals surface area (Å²) in [6.07, 6.45) is 19.2. The third kappa shape index (κ3) is 5.02. The van der Waals surface area contributed by atoms with E-state index < -0.39 is 0 Å². The zero-order valence-electron chi connectivity index (χ0n) is 20.8. The number of aromatic nitrogens is 3. The lowest BCUT2D eigenvalue weighted by Crippen LogP contribution is -2.39. The van der Waals surface area contributed by atoms with Crippen molar-refractivity contribution in [3.63, 3.8) is 0 Å². The fourth-order valence-corrected chi connectivity index (χ4v) is 6.97. The molecule has 3 aromatic rings. The molecule has 2 aromatic heterocycles. The van der Waals surface area contributed by atoms with Crippen LogP contribution in [-0.2, 0) is 13.0 Å². The maximum atomic E-state index is 4.94. The van der Waals surface area contributed by atoms with Crippen molar-refractivity contribution in [2.24, 2.45) is 5.92 Å². The van der Waals surface area contributed by atoms with Gasteiger partial charge in [-0.25, -0.2) is 4.98 Å². The number of anilines is 1. The lowest BCUT2D eigenvalue weighted by molar-refractivity contribution is 0.294. The summed E-state index contributed by atoms with van der Waals surface area (Å²) in [4.78, 5) is 18.4. The van der Waals surface area contributed by atoms with Gasteiger partial charge in [-0.1, -0.05) is 42.5 Å². The summed E-state index contributed by atoms with van der Waals surface area (Å²) in [5.41, 5.74) is 5.25. The summed E-state index contributed by atoms with van der Waals surface area (Å²) >= 11 is 2.07. The van der Waals surface area contributed by atoms with Gasteiger partial charge in [0, 0.05) is 61.3 Å². The molecule has 0 bridgehead atoms. The molecule has 1 saturated heterocycles. The van der Waals surface area contributed by atoms with Crippen molar-refractivity contribution in [3.8, 4) is 0 Å². The van der Waals surface area contributed by atoms with Crippen LogP contribution >= 0.6 is 11.8 Å². The molecule has 3 atom stereocenters. The Labute approximate surface area is 218 Å². The van der Waals surface area contributed by atoms with Crippen LogP contribution in [0.2, 0.25) is 0 Å². The Morgan fingerprint density at radius 2 is 1.94 bits per heavy atom. The van der Waals surface area contributed by atoms with E-state index in [1.165, 1.54) is 53.5 Å².